The standard InChI is InChI=1S/C22H26N4O2S/c1-2-28-22(27)21-19-7-6-16-15-24-12-9-18(16)20(19)25-26(21)13-4-10-23-11-8-17-5-3-14-29-17/h3,5,9,12,14-15,23H,2,4,6-8,10-11,13H2,1H3. The summed E-state index contributed by atoms with van der Waals surface area (Å²) in [5, 5.41) is 10.4. The number of esters is 1. The monoisotopic (exact) mass is 410 g/mol. The van der Waals surface area contributed by atoms with E-state index < -0.39 is 0 Å². The first kappa shape index (κ1) is 19.8. The molecule has 1 N–H and O–H groups in total. The Balaban J connectivity index is 1.45. The minimum atomic E-state index is -0.274. The van der Waals surface area contributed by atoms with Crippen LogP contribution in [0.2, 0.25) is 0 Å². The number of pyridine rings is 1. The van der Waals surface area contributed by atoms with E-state index in [0.29, 0.717) is 18.8 Å². The summed E-state index contributed by atoms with van der Waals surface area (Å²) in [4.78, 5) is 18.3. The van der Waals surface area contributed by atoms with E-state index in [-0.39, 0.29) is 5.97 Å². The van der Waals surface area contributed by atoms with Crippen molar-refractivity contribution in [1.82, 2.24) is 20.1 Å². The maximum Gasteiger partial charge on any atom is 0.356 e. The quantitative estimate of drug-likeness (QED) is 0.432. The zero-order valence-electron chi connectivity index (χ0n) is 16.7. The number of hydrogen-bond donors (Lipinski definition) is 1. The van der Waals surface area contributed by atoms with Gasteiger partial charge in [0, 0.05) is 34.9 Å². The molecule has 0 aromatic carbocycles. The number of thiophene rings is 1. The third-order valence-corrected chi connectivity index (χ3v) is 6.11. The number of carbonyl (C=O) groups excluding carboxylic acids is 1. The van der Waals surface area contributed by atoms with E-state index >= 15 is 0 Å². The van der Waals surface area contributed by atoms with Gasteiger partial charge in [0.25, 0.3) is 0 Å². The van der Waals surface area contributed by atoms with Gasteiger partial charge in [-0.15, -0.1) is 11.3 Å². The summed E-state index contributed by atoms with van der Waals surface area (Å²) in [5.41, 5.74) is 4.80. The van der Waals surface area contributed by atoms with Gasteiger partial charge in [-0.1, -0.05) is 6.07 Å². The maximum atomic E-state index is 12.7. The van der Waals surface area contributed by atoms with Gasteiger partial charge in [-0.2, -0.15) is 5.10 Å². The van der Waals surface area contributed by atoms with E-state index in [4.69, 9.17) is 9.84 Å². The molecule has 4 rings (SSSR count). The number of nitrogens with one attached hydrogen (secondary N) is 1. The van der Waals surface area contributed by atoms with Crippen LogP contribution in [-0.4, -0.2) is 40.4 Å². The minimum absolute atomic E-state index is 0.274. The Kier molecular flexibility index (Phi) is 6.36. The lowest BCUT2D eigenvalue weighted by Gasteiger charge is -2.14. The molecule has 0 saturated heterocycles. The van der Waals surface area contributed by atoms with Gasteiger partial charge >= 0.3 is 5.97 Å². The Morgan fingerprint density at radius 3 is 3.07 bits per heavy atom. The van der Waals surface area contributed by atoms with E-state index in [1.165, 1.54) is 10.4 Å². The van der Waals surface area contributed by atoms with Crippen molar-refractivity contribution >= 4 is 17.3 Å². The highest BCUT2D eigenvalue weighted by Gasteiger charge is 2.28. The molecule has 3 aromatic rings. The van der Waals surface area contributed by atoms with Crippen molar-refractivity contribution in [1.29, 1.82) is 0 Å². The molecule has 0 bridgehead atoms. The first-order valence-electron chi connectivity index (χ1n) is 10.2. The summed E-state index contributed by atoms with van der Waals surface area (Å²) >= 11 is 1.79. The summed E-state index contributed by atoms with van der Waals surface area (Å²) in [6.07, 6.45) is 7.31. The number of carbonyl (C=O) groups is 1. The molecule has 0 radical (unpaired) electrons. The molecule has 6 nitrogen and oxygen atoms in total. The predicted molar refractivity (Wildman–Crippen MR) is 114 cm³/mol. The molecule has 3 heterocycles. The number of ether oxygens (including phenoxy) is 1. The lowest BCUT2D eigenvalue weighted by molar-refractivity contribution is 0.0510. The Labute approximate surface area is 174 Å². The van der Waals surface area contributed by atoms with Crippen molar-refractivity contribution in [2.75, 3.05) is 19.7 Å². The fourth-order valence-electron chi connectivity index (χ4n) is 3.80. The number of nitrogens with zero attached hydrogens (tertiary/aromatic N) is 3. The normalized spacial score (nSPS) is 12.4. The van der Waals surface area contributed by atoms with Gasteiger partial charge in [0.15, 0.2) is 0 Å². The third-order valence-electron chi connectivity index (χ3n) is 5.17. The lowest BCUT2D eigenvalue weighted by atomic mass is 9.90. The van der Waals surface area contributed by atoms with Crippen molar-refractivity contribution < 1.29 is 9.53 Å². The highest BCUT2D eigenvalue weighted by atomic mass is 32.1. The average Bonchev–Trinajstić information content (AvgIpc) is 3.38. The largest absolute Gasteiger partial charge is 0.461 e. The minimum Gasteiger partial charge on any atom is -0.461 e. The molecule has 0 aliphatic heterocycles. The van der Waals surface area contributed by atoms with Crippen LogP contribution >= 0.6 is 11.3 Å². The van der Waals surface area contributed by atoms with Crippen LogP contribution in [0.1, 0.15) is 39.8 Å². The molecule has 1 aliphatic carbocycles. The fraction of sp³-hybridized carbons (Fsp3) is 0.409. The number of rotatable bonds is 9. The number of hydrogen-bond acceptors (Lipinski definition) is 6. The molecule has 0 atom stereocenters. The van der Waals surface area contributed by atoms with Gasteiger partial charge in [0.1, 0.15) is 5.69 Å². The Hall–Kier alpha value is -2.51. The highest BCUT2D eigenvalue weighted by Crippen LogP contribution is 2.34. The van der Waals surface area contributed by atoms with Gasteiger partial charge in [0.05, 0.1) is 12.3 Å². The molecular formula is C22H26N4O2S. The molecule has 0 unspecified atom stereocenters. The van der Waals surface area contributed by atoms with Crippen LogP contribution in [-0.2, 0) is 30.5 Å². The second-order valence-corrected chi connectivity index (χ2v) is 8.12. The van der Waals surface area contributed by atoms with Gasteiger partial charge in [0.2, 0.25) is 0 Å². The Morgan fingerprint density at radius 2 is 2.24 bits per heavy atom. The second kappa shape index (κ2) is 9.33. The first-order valence-corrected chi connectivity index (χ1v) is 11.1. The first-order chi connectivity index (χ1) is 14.3. The predicted octanol–water partition coefficient (Wildman–Crippen LogP) is 3.50. The summed E-state index contributed by atoms with van der Waals surface area (Å²) in [6, 6.07) is 6.25. The van der Waals surface area contributed by atoms with Crippen LogP contribution < -0.4 is 5.32 Å². The zero-order valence-corrected chi connectivity index (χ0v) is 17.5. The molecule has 3 aromatic heterocycles. The fourth-order valence-corrected chi connectivity index (χ4v) is 4.51. The molecule has 0 amide bonds. The molecule has 152 valence electrons. The van der Waals surface area contributed by atoms with Crippen molar-refractivity contribution in [3.8, 4) is 11.3 Å². The Bertz CT molecular complexity index is 965. The highest BCUT2D eigenvalue weighted by molar-refractivity contribution is 7.09. The smallest absolute Gasteiger partial charge is 0.356 e. The van der Waals surface area contributed by atoms with Crippen LogP contribution in [0.25, 0.3) is 11.3 Å². The number of aromatic nitrogens is 3. The SMILES string of the molecule is CCOC(=O)c1c2c(nn1CCCNCCc1cccs1)-c1ccncc1CC2. The van der Waals surface area contributed by atoms with Gasteiger partial charge < -0.3 is 10.1 Å². The van der Waals surface area contributed by atoms with Gasteiger partial charge in [-0.05, 0) is 68.8 Å². The topological polar surface area (TPSA) is 69.0 Å². The van der Waals surface area contributed by atoms with Crippen molar-refractivity contribution in [3.05, 3.63) is 57.7 Å². The van der Waals surface area contributed by atoms with Gasteiger partial charge in [-0.3, -0.25) is 9.67 Å². The zero-order chi connectivity index (χ0) is 20.1. The molecule has 7 heteroatoms. The van der Waals surface area contributed by atoms with Crippen LogP contribution in [0.4, 0.5) is 0 Å². The molecule has 0 spiro atoms. The molecule has 29 heavy (non-hydrogen) atoms. The molecule has 1 aliphatic rings. The van der Waals surface area contributed by atoms with Crippen molar-refractivity contribution in [3.63, 3.8) is 0 Å². The van der Waals surface area contributed by atoms with Gasteiger partial charge in [-0.25, -0.2) is 4.79 Å². The van der Waals surface area contributed by atoms with Crippen molar-refractivity contribution in [2.24, 2.45) is 0 Å². The van der Waals surface area contributed by atoms with Crippen LogP contribution in [0.15, 0.2) is 36.0 Å². The average molecular weight is 411 g/mol. The maximum absolute atomic E-state index is 12.7. The van der Waals surface area contributed by atoms with E-state index in [1.807, 2.05) is 23.9 Å². The van der Waals surface area contributed by atoms with Crippen molar-refractivity contribution in [2.45, 2.75) is 39.2 Å². The number of fused-ring (bicyclic) bond motifs is 3. The Morgan fingerprint density at radius 1 is 1.31 bits per heavy atom. The molecular weight excluding hydrogens is 384 g/mol. The van der Waals surface area contributed by atoms with E-state index in [0.717, 1.165) is 55.6 Å². The van der Waals surface area contributed by atoms with Crippen LogP contribution in [0, 0.1) is 0 Å². The van der Waals surface area contributed by atoms with E-state index in [1.54, 1.807) is 17.5 Å². The van der Waals surface area contributed by atoms with E-state index in [2.05, 4.69) is 27.8 Å². The summed E-state index contributed by atoms with van der Waals surface area (Å²) in [7, 11) is 0. The second-order valence-electron chi connectivity index (χ2n) is 7.09. The number of aryl methyl sites for hydroxylation is 2. The van der Waals surface area contributed by atoms with Crippen LogP contribution in [0.3, 0.4) is 0 Å². The third kappa shape index (κ3) is 4.41. The summed E-state index contributed by atoms with van der Waals surface area (Å²) < 4.78 is 7.19. The van der Waals surface area contributed by atoms with Crippen LogP contribution in [0.5, 0.6) is 0 Å². The summed E-state index contributed by atoms with van der Waals surface area (Å²) in [5.74, 6) is -0.274. The van der Waals surface area contributed by atoms with E-state index in [9.17, 15) is 4.79 Å². The lowest BCUT2D eigenvalue weighted by Crippen LogP contribution is -2.21. The molecule has 0 fully saturated rings. The summed E-state index contributed by atoms with van der Waals surface area (Å²) in [6.45, 7) is 4.74. The molecule has 0 saturated carbocycles.